The molecule has 20 heavy (non-hydrogen) atoms. The molecule has 0 aliphatic heterocycles. The zero-order valence-corrected chi connectivity index (χ0v) is 11.0. The zero-order valence-electron chi connectivity index (χ0n) is 11.0. The number of rotatable bonds is 5. The van der Waals surface area contributed by atoms with E-state index in [1.807, 2.05) is 0 Å². The average molecular weight is 275 g/mol. The quantitative estimate of drug-likeness (QED) is 0.622. The summed E-state index contributed by atoms with van der Waals surface area (Å²) in [6, 6.07) is 9.18. The number of nitro groups is 1. The van der Waals surface area contributed by atoms with E-state index >= 15 is 0 Å². The van der Waals surface area contributed by atoms with Gasteiger partial charge in [0.15, 0.2) is 0 Å². The van der Waals surface area contributed by atoms with Crippen LogP contribution in [0.15, 0.2) is 42.6 Å². The highest BCUT2D eigenvalue weighted by atomic mass is 19.1. The maximum Gasteiger partial charge on any atom is 0.311 e. The molecule has 0 unspecified atom stereocenters. The summed E-state index contributed by atoms with van der Waals surface area (Å²) in [6.45, 7) is 0.559. The van der Waals surface area contributed by atoms with Gasteiger partial charge in [-0.2, -0.15) is 0 Å². The smallest absolute Gasteiger partial charge is 0.311 e. The van der Waals surface area contributed by atoms with Crippen LogP contribution in [0.5, 0.6) is 0 Å². The number of hydrogen-bond donors (Lipinski definition) is 0. The fourth-order valence-electron chi connectivity index (χ4n) is 1.88. The number of halogens is 1. The number of benzene rings is 1. The van der Waals surface area contributed by atoms with Crippen molar-refractivity contribution >= 4 is 11.5 Å². The Labute approximate surface area is 115 Å². The van der Waals surface area contributed by atoms with Crippen molar-refractivity contribution in [1.82, 2.24) is 4.98 Å². The summed E-state index contributed by atoms with van der Waals surface area (Å²) in [7, 11) is 1.75. The van der Waals surface area contributed by atoms with Gasteiger partial charge in [-0.05, 0) is 30.2 Å². The Morgan fingerprint density at radius 3 is 2.65 bits per heavy atom. The number of pyridine rings is 1. The SMILES string of the molecule is CN(CCc1ccc(F)cc1)c1ncccc1[N+](=O)[O-]. The monoisotopic (exact) mass is 275 g/mol. The molecule has 0 saturated carbocycles. The molecule has 0 radical (unpaired) electrons. The van der Waals surface area contributed by atoms with Gasteiger partial charge in [0.25, 0.3) is 0 Å². The molecule has 6 heteroatoms. The summed E-state index contributed by atoms with van der Waals surface area (Å²) in [4.78, 5) is 16.3. The van der Waals surface area contributed by atoms with Gasteiger partial charge in [-0.1, -0.05) is 12.1 Å². The van der Waals surface area contributed by atoms with E-state index in [2.05, 4.69) is 4.98 Å². The Kier molecular flexibility index (Phi) is 4.24. The van der Waals surface area contributed by atoms with Crippen LogP contribution in [0.4, 0.5) is 15.9 Å². The molecule has 104 valence electrons. The molecule has 0 N–H and O–H groups in total. The lowest BCUT2D eigenvalue weighted by molar-refractivity contribution is -0.384. The van der Waals surface area contributed by atoms with Gasteiger partial charge in [-0.3, -0.25) is 10.1 Å². The van der Waals surface area contributed by atoms with Crippen molar-refractivity contribution in [1.29, 1.82) is 0 Å². The minimum absolute atomic E-state index is 0.0193. The molecule has 5 nitrogen and oxygen atoms in total. The molecule has 2 rings (SSSR count). The minimum Gasteiger partial charge on any atom is -0.354 e. The maximum absolute atomic E-state index is 12.8. The van der Waals surface area contributed by atoms with E-state index in [0.29, 0.717) is 18.8 Å². The van der Waals surface area contributed by atoms with Crippen LogP contribution < -0.4 is 4.90 Å². The Hall–Kier alpha value is -2.50. The highest BCUT2D eigenvalue weighted by molar-refractivity contribution is 5.56. The number of nitrogens with zero attached hydrogens (tertiary/aromatic N) is 3. The maximum atomic E-state index is 12.8. The fourth-order valence-corrected chi connectivity index (χ4v) is 1.88. The van der Waals surface area contributed by atoms with Crippen LogP contribution >= 0.6 is 0 Å². The molecule has 0 aliphatic rings. The van der Waals surface area contributed by atoms with Crippen molar-refractivity contribution < 1.29 is 9.31 Å². The number of hydrogen-bond acceptors (Lipinski definition) is 4. The molecular formula is C14H14FN3O2. The second-order valence-electron chi connectivity index (χ2n) is 4.40. The van der Waals surface area contributed by atoms with Crippen molar-refractivity contribution in [2.45, 2.75) is 6.42 Å². The summed E-state index contributed by atoms with van der Waals surface area (Å²) < 4.78 is 12.8. The predicted molar refractivity (Wildman–Crippen MR) is 74.3 cm³/mol. The van der Waals surface area contributed by atoms with Crippen LogP contribution in [0.2, 0.25) is 0 Å². The van der Waals surface area contributed by atoms with Crippen LogP contribution in [-0.4, -0.2) is 23.5 Å². The van der Waals surface area contributed by atoms with Gasteiger partial charge < -0.3 is 4.90 Å². The van der Waals surface area contributed by atoms with Crippen LogP contribution in [0, 0.1) is 15.9 Å². The zero-order chi connectivity index (χ0) is 14.5. The summed E-state index contributed by atoms with van der Waals surface area (Å²) in [6.07, 6.45) is 2.18. The molecule has 0 saturated heterocycles. The fraction of sp³-hybridized carbons (Fsp3) is 0.214. The molecule has 0 amide bonds. The van der Waals surface area contributed by atoms with Gasteiger partial charge in [0.05, 0.1) is 4.92 Å². The third kappa shape index (κ3) is 3.28. The van der Waals surface area contributed by atoms with Gasteiger partial charge in [-0.25, -0.2) is 9.37 Å². The summed E-state index contributed by atoms with van der Waals surface area (Å²) in [5.74, 6) is 0.0575. The number of likely N-dealkylation sites (N-methyl/N-ethyl adjacent to an activating group) is 1. The Morgan fingerprint density at radius 1 is 1.30 bits per heavy atom. The predicted octanol–water partition coefficient (Wildman–Crippen LogP) is 2.81. The summed E-state index contributed by atoms with van der Waals surface area (Å²) in [5.41, 5.74) is 0.950. The highest BCUT2D eigenvalue weighted by Gasteiger charge is 2.17. The molecule has 1 aromatic carbocycles. The van der Waals surface area contributed by atoms with Crippen molar-refractivity contribution in [2.75, 3.05) is 18.5 Å². The van der Waals surface area contributed by atoms with Crippen LogP contribution in [0.25, 0.3) is 0 Å². The van der Waals surface area contributed by atoms with Gasteiger partial charge in [0.2, 0.25) is 5.82 Å². The van der Waals surface area contributed by atoms with Crippen LogP contribution in [0.1, 0.15) is 5.56 Å². The molecule has 0 spiro atoms. The van der Waals surface area contributed by atoms with E-state index in [1.165, 1.54) is 30.5 Å². The van der Waals surface area contributed by atoms with Gasteiger partial charge in [0.1, 0.15) is 5.82 Å². The third-order valence-electron chi connectivity index (χ3n) is 2.97. The first-order valence-electron chi connectivity index (χ1n) is 6.13. The molecule has 0 bridgehead atoms. The molecule has 0 fully saturated rings. The topological polar surface area (TPSA) is 59.3 Å². The van der Waals surface area contributed by atoms with Crippen molar-refractivity contribution in [2.24, 2.45) is 0 Å². The first-order chi connectivity index (χ1) is 9.58. The average Bonchev–Trinajstić information content (AvgIpc) is 2.46. The van der Waals surface area contributed by atoms with E-state index in [0.717, 1.165) is 5.56 Å². The second-order valence-corrected chi connectivity index (χ2v) is 4.40. The van der Waals surface area contributed by atoms with Gasteiger partial charge in [-0.15, -0.1) is 0 Å². The highest BCUT2D eigenvalue weighted by Crippen LogP contribution is 2.23. The number of aromatic nitrogens is 1. The summed E-state index contributed by atoms with van der Waals surface area (Å²) >= 11 is 0. The number of anilines is 1. The van der Waals surface area contributed by atoms with Crippen LogP contribution in [-0.2, 0) is 6.42 Å². The standard InChI is InChI=1S/C14H14FN3O2/c1-17(10-8-11-4-6-12(15)7-5-11)14-13(18(19)20)3-2-9-16-14/h2-7,9H,8,10H2,1H3. The molecule has 0 atom stereocenters. The minimum atomic E-state index is -0.448. The van der Waals surface area contributed by atoms with Gasteiger partial charge >= 0.3 is 5.69 Å². The summed E-state index contributed by atoms with van der Waals surface area (Å²) in [5, 5.41) is 10.9. The van der Waals surface area contributed by atoms with Crippen LogP contribution in [0.3, 0.4) is 0 Å². The molecular weight excluding hydrogens is 261 g/mol. The van der Waals surface area contributed by atoms with E-state index in [4.69, 9.17) is 0 Å². The second kappa shape index (κ2) is 6.10. The lowest BCUT2D eigenvalue weighted by atomic mass is 10.1. The van der Waals surface area contributed by atoms with Gasteiger partial charge in [0, 0.05) is 25.9 Å². The Morgan fingerprint density at radius 2 is 2.00 bits per heavy atom. The van der Waals surface area contributed by atoms with Crippen molar-refractivity contribution in [3.05, 3.63) is 64.1 Å². The Bertz CT molecular complexity index is 602. The van der Waals surface area contributed by atoms with Crippen molar-refractivity contribution in [3.8, 4) is 0 Å². The Balaban J connectivity index is 2.07. The van der Waals surface area contributed by atoms with E-state index < -0.39 is 4.92 Å². The van der Waals surface area contributed by atoms with E-state index in [-0.39, 0.29) is 11.5 Å². The molecule has 1 heterocycles. The molecule has 1 aromatic heterocycles. The van der Waals surface area contributed by atoms with E-state index in [9.17, 15) is 14.5 Å². The first kappa shape index (κ1) is 13.9. The normalized spacial score (nSPS) is 10.3. The molecule has 0 aliphatic carbocycles. The lowest BCUT2D eigenvalue weighted by Crippen LogP contribution is -2.22. The lowest BCUT2D eigenvalue weighted by Gasteiger charge is -2.17. The first-order valence-corrected chi connectivity index (χ1v) is 6.13. The molecule has 2 aromatic rings. The largest absolute Gasteiger partial charge is 0.354 e. The van der Waals surface area contributed by atoms with E-state index in [1.54, 1.807) is 24.1 Å². The third-order valence-corrected chi connectivity index (χ3v) is 2.97. The van der Waals surface area contributed by atoms with Crippen molar-refractivity contribution in [3.63, 3.8) is 0 Å².